The van der Waals surface area contributed by atoms with E-state index >= 15 is 0 Å². The van der Waals surface area contributed by atoms with Gasteiger partial charge in [-0.1, -0.05) is 13.8 Å². The van der Waals surface area contributed by atoms with E-state index in [0.717, 1.165) is 50.1 Å². The molecule has 2 aliphatic rings. The number of rotatable bonds is 7. The molecule has 0 amide bonds. The Labute approximate surface area is 180 Å². The van der Waals surface area contributed by atoms with Gasteiger partial charge >= 0.3 is 0 Å². The lowest BCUT2D eigenvalue weighted by atomic mass is 9.56. The van der Waals surface area contributed by atoms with Crippen LogP contribution in [0.4, 0.5) is 0 Å². The summed E-state index contributed by atoms with van der Waals surface area (Å²) in [5.41, 5.74) is 1.23. The van der Waals surface area contributed by atoms with Crippen molar-refractivity contribution in [3.05, 3.63) is 16.1 Å². The van der Waals surface area contributed by atoms with Crippen molar-refractivity contribution in [1.29, 1.82) is 0 Å². The number of guanidine groups is 1. The molecular formula is C22H39N5OS. The number of thiazole rings is 1. The normalized spacial score (nSPS) is 28.2. The predicted molar refractivity (Wildman–Crippen MR) is 122 cm³/mol. The third-order valence-electron chi connectivity index (χ3n) is 7.20. The molecule has 3 rings (SSSR count). The third-order valence-corrected chi connectivity index (χ3v) is 8.02. The lowest BCUT2D eigenvalue weighted by Gasteiger charge is -2.59. The predicted octanol–water partition coefficient (Wildman–Crippen LogP) is 3.42. The molecular weight excluding hydrogens is 382 g/mol. The molecule has 29 heavy (non-hydrogen) atoms. The summed E-state index contributed by atoms with van der Waals surface area (Å²) in [6.07, 6.45) is 3.43. The fourth-order valence-electron chi connectivity index (χ4n) is 4.47. The molecule has 0 bridgehead atoms. The number of hydrogen-bond acceptors (Lipinski definition) is 5. The zero-order valence-corrected chi connectivity index (χ0v) is 19.9. The topological polar surface area (TPSA) is 61.8 Å². The second-order valence-corrected chi connectivity index (χ2v) is 10.4. The number of ether oxygens (including phenoxy) is 1. The fraction of sp³-hybridized carbons (Fsp3) is 0.818. The average molecular weight is 422 g/mol. The van der Waals surface area contributed by atoms with Gasteiger partial charge in [-0.3, -0.25) is 9.89 Å². The zero-order valence-electron chi connectivity index (χ0n) is 19.0. The Hall–Kier alpha value is -1.18. The van der Waals surface area contributed by atoms with Gasteiger partial charge in [0, 0.05) is 43.6 Å². The van der Waals surface area contributed by atoms with E-state index in [2.05, 4.69) is 60.5 Å². The highest BCUT2D eigenvalue weighted by Gasteiger charge is 2.58. The molecule has 1 aromatic rings. The lowest BCUT2D eigenvalue weighted by molar-refractivity contribution is -0.176. The van der Waals surface area contributed by atoms with Crippen molar-refractivity contribution in [1.82, 2.24) is 20.5 Å². The molecule has 0 radical (unpaired) electrons. The maximum atomic E-state index is 5.76. The molecule has 164 valence electrons. The molecule has 1 aromatic heterocycles. The summed E-state index contributed by atoms with van der Waals surface area (Å²) in [7, 11) is 1.82. The fourth-order valence-corrected chi connectivity index (χ4v) is 5.07. The smallest absolute Gasteiger partial charge is 0.191 e. The van der Waals surface area contributed by atoms with Gasteiger partial charge in [0.15, 0.2) is 5.96 Å². The zero-order chi connectivity index (χ0) is 21.1. The molecule has 1 saturated carbocycles. The number of aryl methyl sites for hydroxylation is 1. The first-order chi connectivity index (χ1) is 13.8. The Balaban J connectivity index is 1.47. The van der Waals surface area contributed by atoms with Crippen LogP contribution in [0, 0.1) is 18.3 Å². The number of nitrogens with one attached hydrogen (secondary N) is 2. The van der Waals surface area contributed by atoms with Gasteiger partial charge in [-0.05, 0) is 59.0 Å². The van der Waals surface area contributed by atoms with Crippen LogP contribution >= 0.6 is 11.3 Å². The average Bonchev–Trinajstić information content (AvgIpc) is 3.11. The van der Waals surface area contributed by atoms with Gasteiger partial charge in [-0.25, -0.2) is 4.98 Å². The van der Waals surface area contributed by atoms with Crippen LogP contribution < -0.4 is 10.6 Å². The Morgan fingerprint density at radius 2 is 2.07 bits per heavy atom. The van der Waals surface area contributed by atoms with Crippen molar-refractivity contribution in [2.24, 2.45) is 16.3 Å². The quantitative estimate of drug-likeness (QED) is 0.522. The SMILES string of the molecule is CCNC(=NCC1CCN(Cc2csc(C)n2)CC1)NC1CC(C)(OC)C1(C)C. The van der Waals surface area contributed by atoms with Crippen molar-refractivity contribution in [3.8, 4) is 0 Å². The molecule has 7 heteroatoms. The number of methoxy groups -OCH3 is 1. The molecule has 1 aliphatic heterocycles. The van der Waals surface area contributed by atoms with Gasteiger partial charge < -0.3 is 15.4 Å². The number of aromatic nitrogens is 1. The summed E-state index contributed by atoms with van der Waals surface area (Å²) in [6, 6.07) is 0.383. The summed E-state index contributed by atoms with van der Waals surface area (Å²) >= 11 is 1.74. The van der Waals surface area contributed by atoms with Crippen molar-refractivity contribution in [3.63, 3.8) is 0 Å². The maximum Gasteiger partial charge on any atom is 0.191 e. The largest absolute Gasteiger partial charge is 0.378 e. The Morgan fingerprint density at radius 1 is 1.34 bits per heavy atom. The molecule has 2 unspecified atom stereocenters. The second kappa shape index (κ2) is 9.31. The summed E-state index contributed by atoms with van der Waals surface area (Å²) < 4.78 is 5.76. The Kier molecular flexibility index (Phi) is 7.23. The summed E-state index contributed by atoms with van der Waals surface area (Å²) in [6.45, 7) is 16.0. The van der Waals surface area contributed by atoms with Gasteiger partial charge in [-0.15, -0.1) is 11.3 Å². The second-order valence-electron chi connectivity index (χ2n) is 9.35. The number of aliphatic imine (C=N–C) groups is 1. The van der Waals surface area contributed by atoms with Crippen molar-refractivity contribution < 1.29 is 4.74 Å². The van der Waals surface area contributed by atoms with E-state index in [-0.39, 0.29) is 11.0 Å². The molecule has 0 spiro atoms. The van der Waals surface area contributed by atoms with Crippen molar-refractivity contribution in [2.75, 3.05) is 33.3 Å². The highest BCUT2D eigenvalue weighted by molar-refractivity contribution is 7.09. The van der Waals surface area contributed by atoms with E-state index in [1.807, 2.05) is 7.11 Å². The van der Waals surface area contributed by atoms with Crippen LogP contribution in [-0.4, -0.2) is 60.8 Å². The van der Waals surface area contributed by atoms with Crippen molar-refractivity contribution >= 4 is 17.3 Å². The van der Waals surface area contributed by atoms with Crippen LogP contribution in [0.5, 0.6) is 0 Å². The van der Waals surface area contributed by atoms with Crippen molar-refractivity contribution in [2.45, 2.75) is 72.1 Å². The molecule has 0 aromatic carbocycles. The van der Waals surface area contributed by atoms with Gasteiger partial charge in [0.2, 0.25) is 0 Å². The summed E-state index contributed by atoms with van der Waals surface area (Å²) in [5.74, 6) is 1.61. The maximum absolute atomic E-state index is 5.76. The Bertz CT molecular complexity index is 695. The summed E-state index contributed by atoms with van der Waals surface area (Å²) in [5, 5.41) is 10.4. The third kappa shape index (κ3) is 5.12. The first-order valence-corrected chi connectivity index (χ1v) is 11.9. The first-order valence-electron chi connectivity index (χ1n) is 11.0. The Morgan fingerprint density at radius 3 is 2.62 bits per heavy atom. The molecule has 1 saturated heterocycles. The standard InChI is InChI=1S/C22H39N5OS/c1-7-23-20(26-19-12-22(5,28-6)21(19,3)4)24-13-17-8-10-27(11-9-17)14-18-15-29-16(2)25-18/h15,17,19H,7-14H2,1-6H3,(H2,23,24,26). The van der Waals surface area contributed by atoms with E-state index in [9.17, 15) is 0 Å². The van der Waals surface area contributed by atoms with Crippen LogP contribution in [0.15, 0.2) is 10.4 Å². The van der Waals surface area contributed by atoms with E-state index in [0.29, 0.717) is 12.0 Å². The number of nitrogens with zero attached hydrogens (tertiary/aromatic N) is 3. The van der Waals surface area contributed by atoms with Crippen LogP contribution in [0.2, 0.25) is 0 Å². The lowest BCUT2D eigenvalue weighted by Crippen LogP contribution is -2.69. The molecule has 2 fully saturated rings. The monoisotopic (exact) mass is 421 g/mol. The minimum absolute atomic E-state index is 0.0648. The van der Waals surface area contributed by atoms with Crippen LogP contribution in [0.3, 0.4) is 0 Å². The number of likely N-dealkylation sites (tertiary alicyclic amines) is 1. The minimum atomic E-state index is -0.0648. The van der Waals surface area contributed by atoms with Crippen LogP contribution in [0.25, 0.3) is 0 Å². The van der Waals surface area contributed by atoms with E-state index in [1.54, 1.807) is 11.3 Å². The molecule has 1 aliphatic carbocycles. The van der Waals surface area contributed by atoms with E-state index in [1.165, 1.54) is 18.5 Å². The highest BCUT2D eigenvalue weighted by Crippen LogP contribution is 2.51. The van der Waals surface area contributed by atoms with Crippen LogP contribution in [0.1, 0.15) is 57.7 Å². The van der Waals surface area contributed by atoms with Crippen LogP contribution in [-0.2, 0) is 11.3 Å². The molecule has 2 heterocycles. The van der Waals surface area contributed by atoms with Gasteiger partial charge in [0.25, 0.3) is 0 Å². The highest BCUT2D eigenvalue weighted by atomic mass is 32.1. The number of hydrogen-bond donors (Lipinski definition) is 2. The van der Waals surface area contributed by atoms with Gasteiger partial charge in [0.05, 0.1) is 16.3 Å². The molecule has 2 atom stereocenters. The summed E-state index contributed by atoms with van der Waals surface area (Å²) in [4.78, 5) is 12.1. The minimum Gasteiger partial charge on any atom is -0.378 e. The molecule has 2 N–H and O–H groups in total. The van der Waals surface area contributed by atoms with E-state index < -0.39 is 0 Å². The molecule has 6 nitrogen and oxygen atoms in total. The van der Waals surface area contributed by atoms with Gasteiger partial charge in [-0.2, -0.15) is 0 Å². The van der Waals surface area contributed by atoms with E-state index in [4.69, 9.17) is 9.73 Å². The van der Waals surface area contributed by atoms with Gasteiger partial charge in [0.1, 0.15) is 0 Å². The number of piperidine rings is 1. The first kappa shape index (κ1) is 22.5.